The lowest BCUT2D eigenvalue weighted by molar-refractivity contribution is -0.139. The minimum absolute atomic E-state index is 0.180. The van der Waals surface area contributed by atoms with Crippen LogP contribution in [0.25, 0.3) is 5.69 Å². The summed E-state index contributed by atoms with van der Waals surface area (Å²) in [5, 5.41) is 10.5. The van der Waals surface area contributed by atoms with Crippen molar-refractivity contribution in [3.8, 4) is 22.9 Å². The van der Waals surface area contributed by atoms with Crippen LogP contribution < -0.4 is 30.3 Å². The molecule has 1 aliphatic heterocycles. The number of halogens is 2. The summed E-state index contributed by atoms with van der Waals surface area (Å²) >= 11 is 12.1. The number of nitrogens with zero attached hydrogens (tertiary/aromatic N) is 2. The Labute approximate surface area is 305 Å². The Hall–Kier alpha value is -5.46. The number of carbonyl (C=O) groups excluding carboxylic acids is 3. The smallest absolute Gasteiger partial charge is 0.338 e. The number of benzene rings is 3. The van der Waals surface area contributed by atoms with Gasteiger partial charge < -0.3 is 34.1 Å². The van der Waals surface area contributed by atoms with Gasteiger partial charge in [0.2, 0.25) is 0 Å². The van der Waals surface area contributed by atoms with E-state index in [4.69, 9.17) is 42.1 Å². The molecule has 3 N–H and O–H groups in total. The number of hydrogen-bond donors (Lipinski definition) is 3. The number of aromatic nitrogens is 1. The second-order valence-electron chi connectivity index (χ2n) is 11.5. The highest BCUT2D eigenvalue weighted by molar-refractivity contribution is 6.42. The fourth-order valence-corrected chi connectivity index (χ4v) is 5.88. The van der Waals surface area contributed by atoms with Crippen LogP contribution in [0.15, 0.2) is 83.1 Å². The minimum atomic E-state index is -0.778. The summed E-state index contributed by atoms with van der Waals surface area (Å²) in [5.41, 5.74) is 8.29. The third kappa shape index (κ3) is 8.83. The number of urea groups is 1. The van der Waals surface area contributed by atoms with Gasteiger partial charge in [0, 0.05) is 28.3 Å². The van der Waals surface area contributed by atoms with Gasteiger partial charge in [0.15, 0.2) is 18.1 Å². The number of allylic oxidation sites excluding steroid dienone is 1. The zero-order valence-corrected chi connectivity index (χ0v) is 30.1. The van der Waals surface area contributed by atoms with E-state index in [-0.39, 0.29) is 24.5 Å². The van der Waals surface area contributed by atoms with Crippen molar-refractivity contribution in [2.75, 3.05) is 20.3 Å². The normalized spacial score (nSPS) is 14.2. The molecule has 12 nitrogen and oxygen atoms in total. The lowest BCUT2D eigenvalue weighted by Crippen LogP contribution is -2.45. The van der Waals surface area contributed by atoms with E-state index in [1.54, 1.807) is 50.4 Å². The maximum atomic E-state index is 12.7. The summed E-state index contributed by atoms with van der Waals surface area (Å²) in [5.74, 6) is 0.252. The highest BCUT2D eigenvalue weighted by Gasteiger charge is 2.32. The van der Waals surface area contributed by atoms with Gasteiger partial charge in [-0.15, -0.1) is 0 Å². The first-order valence-electron chi connectivity index (χ1n) is 15.9. The average Bonchev–Trinajstić information content (AvgIpc) is 3.39. The molecule has 1 aliphatic rings. The maximum Gasteiger partial charge on any atom is 0.338 e. The van der Waals surface area contributed by atoms with Crippen LogP contribution in [-0.4, -0.2) is 49.0 Å². The van der Waals surface area contributed by atoms with E-state index < -0.39 is 23.9 Å². The zero-order valence-electron chi connectivity index (χ0n) is 28.6. The molecule has 266 valence electrons. The van der Waals surface area contributed by atoms with Gasteiger partial charge in [0.25, 0.3) is 5.91 Å². The van der Waals surface area contributed by atoms with E-state index in [2.05, 4.69) is 25.7 Å². The number of amides is 3. The van der Waals surface area contributed by atoms with Gasteiger partial charge in [-0.05, 0) is 93.4 Å². The van der Waals surface area contributed by atoms with Crippen molar-refractivity contribution in [1.29, 1.82) is 0 Å². The first kappa shape index (κ1) is 36.8. The molecule has 3 aromatic carbocycles. The first-order chi connectivity index (χ1) is 24.5. The number of methoxy groups -OCH3 is 1. The second kappa shape index (κ2) is 16.5. The lowest BCUT2D eigenvalue weighted by atomic mass is 9.95. The van der Waals surface area contributed by atoms with Crippen molar-refractivity contribution >= 4 is 47.3 Å². The summed E-state index contributed by atoms with van der Waals surface area (Å²) in [6.07, 6.45) is 1.57. The number of hydrazone groups is 1. The molecule has 0 unspecified atom stereocenters. The number of hydrogen-bond acceptors (Lipinski definition) is 8. The number of esters is 1. The van der Waals surface area contributed by atoms with E-state index in [1.807, 2.05) is 50.2 Å². The third-order valence-electron chi connectivity index (χ3n) is 7.99. The van der Waals surface area contributed by atoms with Crippen LogP contribution in [0.1, 0.15) is 48.0 Å². The van der Waals surface area contributed by atoms with Crippen LogP contribution >= 0.6 is 23.2 Å². The molecule has 0 radical (unpaired) electrons. The summed E-state index contributed by atoms with van der Waals surface area (Å²) in [6.45, 7) is 7.47. The van der Waals surface area contributed by atoms with Crippen LogP contribution in [-0.2, 0) is 20.9 Å². The molecular weight excluding hydrogens is 697 g/mol. The Bertz CT molecular complexity index is 2010. The molecule has 14 heteroatoms. The van der Waals surface area contributed by atoms with Crippen LogP contribution in [0.4, 0.5) is 4.79 Å². The SMILES string of the molecule is CCOC(=O)C1=C(C)NC(=O)N[C@H]1c1ccc(OCC(=O)N/N=C/c2cc(C)n(-c3ccc(OCc4ccc(Cl)c(Cl)c4)cc3)c2C)c(OC)c1. The van der Waals surface area contributed by atoms with Gasteiger partial charge in [-0.25, -0.2) is 15.0 Å². The van der Waals surface area contributed by atoms with E-state index in [0.717, 1.165) is 28.2 Å². The molecule has 4 aromatic rings. The summed E-state index contributed by atoms with van der Waals surface area (Å²) in [7, 11) is 1.45. The number of carbonyl (C=O) groups is 3. The highest BCUT2D eigenvalue weighted by Crippen LogP contribution is 2.35. The molecular formula is C37H37Cl2N5O7. The third-order valence-corrected chi connectivity index (χ3v) is 8.73. The van der Waals surface area contributed by atoms with Gasteiger partial charge >= 0.3 is 12.0 Å². The molecule has 0 aliphatic carbocycles. The van der Waals surface area contributed by atoms with E-state index in [0.29, 0.717) is 39.4 Å². The van der Waals surface area contributed by atoms with E-state index in [1.165, 1.54) is 7.11 Å². The van der Waals surface area contributed by atoms with Crippen molar-refractivity contribution in [2.45, 2.75) is 40.3 Å². The van der Waals surface area contributed by atoms with Crippen LogP contribution in [0.2, 0.25) is 10.0 Å². The van der Waals surface area contributed by atoms with Gasteiger partial charge in [0.1, 0.15) is 12.4 Å². The molecule has 2 heterocycles. The Morgan fingerprint density at radius 2 is 1.73 bits per heavy atom. The van der Waals surface area contributed by atoms with Crippen molar-refractivity contribution in [2.24, 2.45) is 5.10 Å². The molecule has 0 saturated carbocycles. The van der Waals surface area contributed by atoms with Gasteiger partial charge in [-0.3, -0.25) is 4.79 Å². The Morgan fingerprint density at radius 3 is 2.43 bits per heavy atom. The molecule has 0 saturated heterocycles. The number of aryl methyl sites for hydroxylation is 1. The summed E-state index contributed by atoms with van der Waals surface area (Å²) < 4.78 is 24.4. The molecule has 1 atom stereocenters. The zero-order chi connectivity index (χ0) is 36.7. The predicted molar refractivity (Wildman–Crippen MR) is 194 cm³/mol. The molecule has 3 amide bonds. The Balaban J connectivity index is 1.18. The van der Waals surface area contributed by atoms with Gasteiger partial charge in [-0.2, -0.15) is 5.10 Å². The molecule has 0 spiro atoms. The van der Waals surface area contributed by atoms with E-state index >= 15 is 0 Å². The summed E-state index contributed by atoms with van der Waals surface area (Å²) in [6, 6.07) is 18.7. The largest absolute Gasteiger partial charge is 0.493 e. The van der Waals surface area contributed by atoms with Gasteiger partial charge in [0.05, 0.1) is 41.6 Å². The first-order valence-corrected chi connectivity index (χ1v) is 16.7. The van der Waals surface area contributed by atoms with Crippen LogP contribution in [0.5, 0.6) is 17.2 Å². The van der Waals surface area contributed by atoms with Crippen molar-refractivity contribution < 1.29 is 33.3 Å². The fraction of sp³-hybridized carbons (Fsp3) is 0.243. The lowest BCUT2D eigenvalue weighted by Gasteiger charge is -2.28. The Kier molecular flexibility index (Phi) is 11.9. The average molecular weight is 735 g/mol. The molecule has 1 aromatic heterocycles. The number of rotatable bonds is 13. The molecule has 5 rings (SSSR count). The predicted octanol–water partition coefficient (Wildman–Crippen LogP) is 6.71. The van der Waals surface area contributed by atoms with Crippen molar-refractivity contribution in [3.05, 3.63) is 116 Å². The van der Waals surface area contributed by atoms with Gasteiger partial charge in [-0.1, -0.05) is 35.3 Å². The second-order valence-corrected chi connectivity index (χ2v) is 12.3. The van der Waals surface area contributed by atoms with E-state index in [9.17, 15) is 14.4 Å². The fourth-order valence-electron chi connectivity index (χ4n) is 5.56. The topological polar surface area (TPSA) is 142 Å². The monoisotopic (exact) mass is 733 g/mol. The quantitative estimate of drug-likeness (QED) is 0.0788. The molecule has 0 bridgehead atoms. The highest BCUT2D eigenvalue weighted by atomic mass is 35.5. The minimum Gasteiger partial charge on any atom is -0.493 e. The Morgan fingerprint density at radius 1 is 0.961 bits per heavy atom. The summed E-state index contributed by atoms with van der Waals surface area (Å²) in [4.78, 5) is 37.5. The molecule has 0 fully saturated rings. The van der Waals surface area contributed by atoms with Crippen LogP contribution in [0.3, 0.4) is 0 Å². The standard InChI is InChI=1S/C37H37Cl2N5O7/c1-6-49-36(46)34-22(3)41-37(47)42-35(34)25-8-14-31(32(17-25)48-5)51-20-33(45)43-40-18-26-15-21(2)44(23(26)4)27-9-11-28(12-10-27)50-19-24-7-13-29(38)30(39)16-24/h7-18,35H,6,19-20H2,1-5H3,(H,43,45)(H2,41,42,47)/b40-18+/t35-/m0/s1. The molecule has 51 heavy (non-hydrogen) atoms. The maximum absolute atomic E-state index is 12.7. The van der Waals surface area contributed by atoms with Crippen LogP contribution in [0, 0.1) is 13.8 Å². The number of ether oxygens (including phenoxy) is 4. The number of nitrogens with one attached hydrogen (secondary N) is 3. The van der Waals surface area contributed by atoms with Crippen molar-refractivity contribution in [3.63, 3.8) is 0 Å². The van der Waals surface area contributed by atoms with Crippen molar-refractivity contribution in [1.82, 2.24) is 20.6 Å².